The second-order valence-corrected chi connectivity index (χ2v) is 11.9. The van der Waals surface area contributed by atoms with E-state index in [1.165, 1.54) is 0 Å². The van der Waals surface area contributed by atoms with Crippen LogP contribution >= 0.6 is 15.9 Å². The van der Waals surface area contributed by atoms with Crippen molar-refractivity contribution in [1.29, 1.82) is 0 Å². The summed E-state index contributed by atoms with van der Waals surface area (Å²) in [5.41, 5.74) is 7.48. The molecule has 0 aromatic heterocycles. The summed E-state index contributed by atoms with van der Waals surface area (Å²) in [7, 11) is 0. The minimum atomic E-state index is -1.30. The highest BCUT2D eigenvalue weighted by Crippen LogP contribution is 2.43. The zero-order valence-corrected chi connectivity index (χ0v) is 25.6. The molecular formula is C34H38BrN3O5. The summed E-state index contributed by atoms with van der Waals surface area (Å²) >= 11 is 3.52. The quantitative estimate of drug-likeness (QED) is 0.153. The molecule has 1 heterocycles. The Kier molecular flexibility index (Phi) is 10.6. The van der Waals surface area contributed by atoms with E-state index in [4.69, 9.17) is 19.6 Å². The lowest BCUT2D eigenvalue weighted by Crippen LogP contribution is -2.55. The first kappa shape index (κ1) is 30.9. The Balaban J connectivity index is 1.48. The van der Waals surface area contributed by atoms with Gasteiger partial charge in [-0.1, -0.05) is 70.5 Å². The molecule has 5 rings (SSSR count). The minimum absolute atomic E-state index is 0.0690. The highest BCUT2D eigenvalue weighted by Gasteiger charge is 2.52. The molecule has 1 aliphatic heterocycles. The average molecular weight is 649 g/mol. The van der Waals surface area contributed by atoms with Crippen molar-refractivity contribution in [3.63, 3.8) is 0 Å². The third-order valence-corrected chi connectivity index (χ3v) is 8.36. The largest absolute Gasteiger partial charge is 0.494 e. The second-order valence-electron chi connectivity index (χ2n) is 11.0. The summed E-state index contributed by atoms with van der Waals surface area (Å²) in [6, 6.07) is 25.2. The molecule has 0 saturated heterocycles. The number of halogens is 1. The number of nitrogens with zero attached hydrogens (tertiary/aromatic N) is 1. The van der Waals surface area contributed by atoms with Gasteiger partial charge in [-0.2, -0.15) is 0 Å². The Morgan fingerprint density at radius 1 is 1.02 bits per heavy atom. The Labute approximate surface area is 260 Å². The van der Waals surface area contributed by atoms with Crippen molar-refractivity contribution >= 4 is 33.8 Å². The van der Waals surface area contributed by atoms with Gasteiger partial charge in [0.1, 0.15) is 5.75 Å². The number of benzene rings is 3. The Morgan fingerprint density at radius 2 is 1.74 bits per heavy atom. The van der Waals surface area contributed by atoms with Gasteiger partial charge >= 0.3 is 0 Å². The van der Waals surface area contributed by atoms with Crippen LogP contribution in [0, 0.1) is 0 Å². The number of nitrogens with one attached hydrogen (secondary N) is 2. The predicted octanol–water partition coefficient (Wildman–Crippen LogP) is 5.50. The maximum Gasteiger partial charge on any atom is 0.266 e. The number of hydrazine groups is 1. The predicted molar refractivity (Wildman–Crippen MR) is 171 cm³/mol. The van der Waals surface area contributed by atoms with Gasteiger partial charge < -0.3 is 19.7 Å². The first-order valence-electron chi connectivity index (χ1n) is 14.8. The fraction of sp³-hybridized carbons (Fsp3) is 0.353. The molecule has 1 saturated carbocycles. The van der Waals surface area contributed by atoms with E-state index in [1.807, 2.05) is 91.0 Å². The Morgan fingerprint density at radius 3 is 2.44 bits per heavy atom. The van der Waals surface area contributed by atoms with Gasteiger partial charge in [-0.15, -0.1) is 0 Å². The van der Waals surface area contributed by atoms with E-state index >= 15 is 0 Å². The molecule has 2 aliphatic rings. The molecule has 8 nitrogen and oxygen atoms in total. The number of ether oxygens (including phenoxy) is 2. The lowest BCUT2D eigenvalue weighted by Gasteiger charge is -2.32. The highest BCUT2D eigenvalue weighted by atomic mass is 79.9. The third-order valence-electron chi connectivity index (χ3n) is 7.83. The molecule has 4 N–H and O–H groups in total. The number of aliphatic hydroxyl groups excluding tert-OH is 2. The molecule has 1 aliphatic carbocycles. The van der Waals surface area contributed by atoms with E-state index in [0.29, 0.717) is 43.9 Å². The van der Waals surface area contributed by atoms with Gasteiger partial charge in [0.15, 0.2) is 11.6 Å². The number of aliphatic hydroxyl groups is 2. The standard InChI is InChI=1S/C34H38BrN3O5/c35-27-13-9-25(10-14-27)31-34(21-4-8-24-6-2-1-3-7-24,33(41)38-37-28-15-17-29(40)18-16-28)36-32(43-31)26-11-19-30(20-12-26)42-23-5-22-39/h1-4,6-14,19-20,28-29,31,37,39-40H,5,15-18,21-23H2,(H,38,41)/b8-4+/t28?,29?,31-,34-/m0/s1. The number of hydrogen-bond donors (Lipinski definition) is 4. The summed E-state index contributed by atoms with van der Waals surface area (Å²) < 4.78 is 13.2. The first-order valence-corrected chi connectivity index (χ1v) is 15.6. The number of rotatable bonds is 12. The van der Waals surface area contributed by atoms with Crippen LogP contribution in [-0.4, -0.2) is 52.9 Å². The molecule has 9 heteroatoms. The van der Waals surface area contributed by atoms with Crippen LogP contribution in [0.4, 0.5) is 0 Å². The zero-order valence-electron chi connectivity index (χ0n) is 24.0. The van der Waals surface area contributed by atoms with E-state index < -0.39 is 11.6 Å². The second kappa shape index (κ2) is 14.8. The van der Waals surface area contributed by atoms with Crippen LogP contribution in [0.3, 0.4) is 0 Å². The molecule has 0 unspecified atom stereocenters. The lowest BCUT2D eigenvalue weighted by atomic mass is 9.84. The van der Waals surface area contributed by atoms with Gasteiger partial charge in [0.2, 0.25) is 5.90 Å². The van der Waals surface area contributed by atoms with Crippen LogP contribution in [0.25, 0.3) is 6.08 Å². The molecule has 3 aromatic rings. The van der Waals surface area contributed by atoms with Crippen LogP contribution in [-0.2, 0) is 9.53 Å². The molecule has 1 fully saturated rings. The van der Waals surface area contributed by atoms with Crippen LogP contribution < -0.4 is 15.6 Å². The smallest absolute Gasteiger partial charge is 0.266 e. The van der Waals surface area contributed by atoms with E-state index in [2.05, 4.69) is 26.8 Å². The Hall–Kier alpha value is -3.50. The van der Waals surface area contributed by atoms with Crippen molar-refractivity contribution in [1.82, 2.24) is 10.9 Å². The van der Waals surface area contributed by atoms with E-state index in [1.54, 1.807) is 0 Å². The van der Waals surface area contributed by atoms with Gasteiger partial charge in [-0.05, 0) is 73.2 Å². The molecule has 0 radical (unpaired) electrons. The molecule has 1 amide bonds. The average Bonchev–Trinajstić information content (AvgIpc) is 3.42. The van der Waals surface area contributed by atoms with E-state index in [0.717, 1.165) is 34.0 Å². The SMILES string of the molecule is O=C(NNC1CCC(O)CC1)[C@@]1(C/C=C/c2ccccc2)N=C(c2ccc(OCCCO)cc2)O[C@H]1c1ccc(Br)cc1. The van der Waals surface area contributed by atoms with Gasteiger partial charge in [-0.25, -0.2) is 10.4 Å². The van der Waals surface area contributed by atoms with Crippen molar-refractivity contribution < 1.29 is 24.5 Å². The van der Waals surface area contributed by atoms with Crippen molar-refractivity contribution in [2.75, 3.05) is 13.2 Å². The molecular weight excluding hydrogens is 610 g/mol. The topological polar surface area (TPSA) is 112 Å². The molecule has 3 aromatic carbocycles. The lowest BCUT2D eigenvalue weighted by molar-refractivity contribution is -0.130. The van der Waals surface area contributed by atoms with Crippen LogP contribution in [0.1, 0.15) is 61.3 Å². The maximum absolute atomic E-state index is 14.3. The van der Waals surface area contributed by atoms with Gasteiger partial charge in [0.05, 0.1) is 12.7 Å². The number of carbonyl (C=O) groups is 1. The minimum Gasteiger partial charge on any atom is -0.494 e. The highest BCUT2D eigenvalue weighted by molar-refractivity contribution is 9.10. The summed E-state index contributed by atoms with van der Waals surface area (Å²) in [6.07, 6.45) is 6.80. The number of amides is 1. The normalized spacial score (nSPS) is 23.5. The molecule has 43 heavy (non-hydrogen) atoms. The number of hydrogen-bond acceptors (Lipinski definition) is 7. The number of aliphatic imine (C=N–C) groups is 1. The number of carbonyl (C=O) groups excluding carboxylic acids is 1. The summed E-state index contributed by atoms with van der Waals surface area (Å²) in [5.74, 6) is 0.763. The fourth-order valence-electron chi connectivity index (χ4n) is 5.39. The van der Waals surface area contributed by atoms with Gasteiger partial charge in [0, 0.05) is 35.5 Å². The Bertz CT molecular complexity index is 1390. The fourth-order valence-corrected chi connectivity index (χ4v) is 5.65. The van der Waals surface area contributed by atoms with Crippen molar-refractivity contribution in [3.8, 4) is 5.75 Å². The van der Waals surface area contributed by atoms with Crippen LogP contribution in [0.15, 0.2) is 94.4 Å². The third kappa shape index (κ3) is 7.92. The first-order chi connectivity index (χ1) is 21.0. The molecule has 2 atom stereocenters. The zero-order chi connectivity index (χ0) is 30.1. The van der Waals surface area contributed by atoms with Crippen molar-refractivity contribution in [3.05, 3.63) is 106 Å². The van der Waals surface area contributed by atoms with E-state index in [-0.39, 0.29) is 24.7 Å². The summed E-state index contributed by atoms with van der Waals surface area (Å²) in [6.45, 7) is 0.490. The maximum atomic E-state index is 14.3. The van der Waals surface area contributed by atoms with Crippen molar-refractivity contribution in [2.45, 2.75) is 62.3 Å². The van der Waals surface area contributed by atoms with Crippen LogP contribution in [0.5, 0.6) is 5.75 Å². The summed E-state index contributed by atoms with van der Waals surface area (Å²) in [4.78, 5) is 19.3. The molecule has 0 bridgehead atoms. The van der Waals surface area contributed by atoms with E-state index in [9.17, 15) is 9.90 Å². The van der Waals surface area contributed by atoms with Crippen LogP contribution in [0.2, 0.25) is 0 Å². The molecule has 226 valence electrons. The monoisotopic (exact) mass is 647 g/mol. The molecule has 0 spiro atoms. The van der Waals surface area contributed by atoms with Gasteiger partial charge in [0.25, 0.3) is 5.91 Å². The van der Waals surface area contributed by atoms with Crippen molar-refractivity contribution in [2.24, 2.45) is 4.99 Å². The summed E-state index contributed by atoms with van der Waals surface area (Å²) in [5, 5.41) is 19.0. The van der Waals surface area contributed by atoms with Gasteiger partial charge in [-0.3, -0.25) is 10.2 Å².